The van der Waals surface area contributed by atoms with E-state index >= 15 is 0 Å². The normalized spacial score (nSPS) is 14.0. The first kappa shape index (κ1) is 14.7. The standard InChI is InChI=1S/C10H13Cl2NO3S/c1-7(14)6-13(2)17(15,16)8-3-4-9(11)10(12)5-8/h3-5,7,14H,6H2,1-2H3. The highest BCUT2D eigenvalue weighted by molar-refractivity contribution is 7.89. The number of benzene rings is 1. The van der Waals surface area contributed by atoms with Crippen LogP contribution in [0.1, 0.15) is 6.92 Å². The second-order valence-corrected chi connectivity index (χ2v) is 6.57. The summed E-state index contributed by atoms with van der Waals surface area (Å²) in [5.41, 5.74) is 0. The molecule has 0 aromatic heterocycles. The van der Waals surface area contributed by atoms with Gasteiger partial charge in [-0.3, -0.25) is 0 Å². The van der Waals surface area contributed by atoms with Gasteiger partial charge in [0.15, 0.2) is 0 Å². The second kappa shape index (κ2) is 5.54. The summed E-state index contributed by atoms with van der Waals surface area (Å²) >= 11 is 11.5. The van der Waals surface area contributed by atoms with E-state index in [1.165, 1.54) is 32.2 Å². The number of aliphatic hydroxyl groups is 1. The maximum Gasteiger partial charge on any atom is 0.242 e. The molecule has 0 saturated carbocycles. The van der Waals surface area contributed by atoms with Gasteiger partial charge in [0.05, 0.1) is 21.0 Å². The molecule has 0 radical (unpaired) electrons. The first-order chi connectivity index (χ1) is 7.75. The number of halogens is 2. The van der Waals surface area contributed by atoms with Gasteiger partial charge in [0.2, 0.25) is 10.0 Å². The summed E-state index contributed by atoms with van der Waals surface area (Å²) in [5, 5.41) is 9.65. The number of rotatable bonds is 4. The molecule has 0 aliphatic heterocycles. The summed E-state index contributed by atoms with van der Waals surface area (Å²) < 4.78 is 25.2. The lowest BCUT2D eigenvalue weighted by Gasteiger charge is -2.18. The van der Waals surface area contributed by atoms with E-state index in [1.807, 2.05) is 0 Å². The fourth-order valence-electron chi connectivity index (χ4n) is 1.29. The Labute approximate surface area is 111 Å². The van der Waals surface area contributed by atoms with Gasteiger partial charge < -0.3 is 5.11 Å². The fraction of sp³-hybridized carbons (Fsp3) is 0.400. The molecule has 0 heterocycles. The number of nitrogens with zero attached hydrogens (tertiary/aromatic N) is 1. The Kier molecular flexibility index (Phi) is 4.80. The second-order valence-electron chi connectivity index (χ2n) is 3.71. The van der Waals surface area contributed by atoms with E-state index in [1.54, 1.807) is 0 Å². The van der Waals surface area contributed by atoms with Gasteiger partial charge in [-0.25, -0.2) is 8.42 Å². The van der Waals surface area contributed by atoms with Crippen LogP contribution in [0, 0.1) is 0 Å². The maximum atomic E-state index is 12.0. The summed E-state index contributed by atoms with van der Waals surface area (Å²) in [6.07, 6.45) is -0.738. The largest absolute Gasteiger partial charge is 0.392 e. The van der Waals surface area contributed by atoms with Crippen LogP contribution in [-0.4, -0.2) is 37.5 Å². The van der Waals surface area contributed by atoms with Crippen LogP contribution < -0.4 is 0 Å². The van der Waals surface area contributed by atoms with Crippen LogP contribution in [0.15, 0.2) is 23.1 Å². The fourth-order valence-corrected chi connectivity index (χ4v) is 2.93. The van der Waals surface area contributed by atoms with E-state index in [4.69, 9.17) is 23.2 Å². The summed E-state index contributed by atoms with van der Waals surface area (Å²) in [7, 11) is -2.25. The third-order valence-corrected chi connectivity index (χ3v) is 4.68. The average Bonchev–Trinajstić information content (AvgIpc) is 2.20. The quantitative estimate of drug-likeness (QED) is 0.925. The minimum Gasteiger partial charge on any atom is -0.392 e. The lowest BCUT2D eigenvalue weighted by Crippen LogP contribution is -2.33. The van der Waals surface area contributed by atoms with Crippen molar-refractivity contribution in [1.29, 1.82) is 0 Å². The van der Waals surface area contributed by atoms with Crippen molar-refractivity contribution < 1.29 is 13.5 Å². The Morgan fingerprint density at radius 3 is 2.41 bits per heavy atom. The zero-order chi connectivity index (χ0) is 13.2. The molecule has 0 spiro atoms. The van der Waals surface area contributed by atoms with Crippen molar-refractivity contribution in [3.05, 3.63) is 28.2 Å². The van der Waals surface area contributed by atoms with Gasteiger partial charge in [-0.05, 0) is 25.1 Å². The maximum absolute atomic E-state index is 12.0. The Morgan fingerprint density at radius 1 is 1.35 bits per heavy atom. The molecule has 0 aliphatic carbocycles. The van der Waals surface area contributed by atoms with Crippen molar-refractivity contribution in [2.45, 2.75) is 17.9 Å². The third-order valence-electron chi connectivity index (χ3n) is 2.12. The average molecular weight is 298 g/mol. The lowest BCUT2D eigenvalue weighted by atomic mass is 10.4. The number of aliphatic hydroxyl groups excluding tert-OH is 1. The minimum atomic E-state index is -3.64. The molecule has 4 nitrogen and oxygen atoms in total. The molecule has 1 unspecified atom stereocenters. The van der Waals surface area contributed by atoms with Gasteiger partial charge in [-0.15, -0.1) is 0 Å². The predicted molar refractivity (Wildman–Crippen MR) is 68.0 cm³/mol. The first-order valence-electron chi connectivity index (χ1n) is 4.84. The number of sulfonamides is 1. The molecule has 1 atom stereocenters. The minimum absolute atomic E-state index is 0.0164. The molecule has 0 aliphatic rings. The monoisotopic (exact) mass is 297 g/mol. The van der Waals surface area contributed by atoms with Crippen molar-refractivity contribution in [3.8, 4) is 0 Å². The molecule has 96 valence electrons. The zero-order valence-electron chi connectivity index (χ0n) is 9.39. The summed E-state index contributed by atoms with van der Waals surface area (Å²) in [4.78, 5) is 0.0510. The third kappa shape index (κ3) is 3.56. The van der Waals surface area contributed by atoms with Crippen LogP contribution in [-0.2, 0) is 10.0 Å². The molecule has 0 bridgehead atoms. The number of hydrogen-bond donors (Lipinski definition) is 1. The Morgan fingerprint density at radius 2 is 1.94 bits per heavy atom. The van der Waals surface area contributed by atoms with Crippen LogP contribution in [0.3, 0.4) is 0 Å². The molecule has 0 saturated heterocycles. The van der Waals surface area contributed by atoms with Crippen LogP contribution in [0.2, 0.25) is 10.0 Å². The van der Waals surface area contributed by atoms with E-state index < -0.39 is 16.1 Å². The molecule has 0 fully saturated rings. The number of hydrogen-bond acceptors (Lipinski definition) is 3. The van der Waals surface area contributed by atoms with E-state index in [0.717, 1.165) is 4.31 Å². The first-order valence-corrected chi connectivity index (χ1v) is 7.04. The van der Waals surface area contributed by atoms with Gasteiger partial charge in [-0.2, -0.15) is 4.31 Å². The van der Waals surface area contributed by atoms with E-state index in [2.05, 4.69) is 0 Å². The molecule has 1 aromatic rings. The number of likely N-dealkylation sites (N-methyl/N-ethyl adjacent to an activating group) is 1. The van der Waals surface area contributed by atoms with Crippen LogP contribution in [0.5, 0.6) is 0 Å². The van der Waals surface area contributed by atoms with Gasteiger partial charge in [0.1, 0.15) is 0 Å². The summed E-state index contributed by atoms with van der Waals surface area (Å²) in [6.45, 7) is 1.53. The SMILES string of the molecule is CC(O)CN(C)S(=O)(=O)c1ccc(Cl)c(Cl)c1. The van der Waals surface area contributed by atoms with E-state index in [9.17, 15) is 13.5 Å². The molecule has 7 heteroatoms. The molecular formula is C10H13Cl2NO3S. The van der Waals surface area contributed by atoms with Crippen LogP contribution in [0.4, 0.5) is 0 Å². The summed E-state index contributed by atoms with van der Waals surface area (Å²) in [6, 6.07) is 4.09. The predicted octanol–water partition coefficient (Wildman–Crippen LogP) is 1.99. The van der Waals surface area contributed by atoms with Crippen molar-refractivity contribution in [2.24, 2.45) is 0 Å². The van der Waals surface area contributed by atoms with Crippen molar-refractivity contribution in [3.63, 3.8) is 0 Å². The van der Waals surface area contributed by atoms with E-state index in [0.29, 0.717) is 5.02 Å². The highest BCUT2D eigenvalue weighted by Gasteiger charge is 2.22. The Hall–Kier alpha value is -0.330. The highest BCUT2D eigenvalue weighted by atomic mass is 35.5. The molecular weight excluding hydrogens is 285 g/mol. The smallest absolute Gasteiger partial charge is 0.242 e. The van der Waals surface area contributed by atoms with Crippen LogP contribution >= 0.6 is 23.2 Å². The summed E-state index contributed by atoms with van der Waals surface area (Å²) in [5.74, 6) is 0. The zero-order valence-corrected chi connectivity index (χ0v) is 11.7. The molecule has 1 aromatic carbocycles. The Bertz CT molecular complexity index is 502. The topological polar surface area (TPSA) is 57.6 Å². The molecule has 1 N–H and O–H groups in total. The van der Waals surface area contributed by atoms with Crippen LogP contribution in [0.25, 0.3) is 0 Å². The van der Waals surface area contributed by atoms with Gasteiger partial charge in [0, 0.05) is 13.6 Å². The van der Waals surface area contributed by atoms with Crippen molar-refractivity contribution >= 4 is 33.2 Å². The molecule has 17 heavy (non-hydrogen) atoms. The van der Waals surface area contributed by atoms with Gasteiger partial charge in [0.25, 0.3) is 0 Å². The van der Waals surface area contributed by atoms with Gasteiger partial charge in [-0.1, -0.05) is 23.2 Å². The van der Waals surface area contributed by atoms with Crippen molar-refractivity contribution in [2.75, 3.05) is 13.6 Å². The molecule has 1 rings (SSSR count). The van der Waals surface area contributed by atoms with Crippen molar-refractivity contribution in [1.82, 2.24) is 4.31 Å². The van der Waals surface area contributed by atoms with Gasteiger partial charge >= 0.3 is 0 Å². The molecule has 0 amide bonds. The lowest BCUT2D eigenvalue weighted by molar-refractivity contribution is 0.171. The van der Waals surface area contributed by atoms with E-state index in [-0.39, 0.29) is 16.5 Å². The highest BCUT2D eigenvalue weighted by Crippen LogP contribution is 2.26. The Balaban J connectivity index is 3.09.